The molecule has 0 aliphatic rings. The number of anilines is 2. The van der Waals surface area contributed by atoms with Gasteiger partial charge in [-0.2, -0.15) is 0 Å². The van der Waals surface area contributed by atoms with Gasteiger partial charge >= 0.3 is 0 Å². The van der Waals surface area contributed by atoms with Crippen molar-refractivity contribution in [1.82, 2.24) is 0 Å². The average Bonchev–Trinajstić information content (AvgIpc) is 2.32. The Hall–Kier alpha value is -2.03. The van der Waals surface area contributed by atoms with Crippen LogP contribution < -0.4 is 10.6 Å². The molecular formula is C15H17FN2. The van der Waals surface area contributed by atoms with Crippen LogP contribution in [0.4, 0.5) is 15.8 Å². The van der Waals surface area contributed by atoms with E-state index in [1.54, 1.807) is 12.1 Å². The van der Waals surface area contributed by atoms with Crippen LogP contribution in [0.1, 0.15) is 11.1 Å². The smallest absolute Gasteiger partial charge is 0.123 e. The fourth-order valence-corrected chi connectivity index (χ4v) is 1.90. The number of hydrogen-bond donors (Lipinski definition) is 1. The lowest BCUT2D eigenvalue weighted by Crippen LogP contribution is -2.16. The van der Waals surface area contributed by atoms with E-state index < -0.39 is 0 Å². The van der Waals surface area contributed by atoms with Gasteiger partial charge in [0.2, 0.25) is 0 Å². The number of nitrogens with two attached hydrogens (primary N) is 1. The fraction of sp³-hybridized carbons (Fsp3) is 0.200. The first-order chi connectivity index (χ1) is 8.56. The van der Waals surface area contributed by atoms with Crippen LogP contribution in [0.15, 0.2) is 42.5 Å². The molecule has 0 unspecified atom stereocenters. The van der Waals surface area contributed by atoms with E-state index in [1.165, 1.54) is 6.07 Å². The first-order valence-corrected chi connectivity index (χ1v) is 5.88. The lowest BCUT2D eigenvalue weighted by molar-refractivity contribution is 0.625. The summed E-state index contributed by atoms with van der Waals surface area (Å²) in [4.78, 5) is 2.07. The van der Waals surface area contributed by atoms with Crippen LogP contribution in [-0.4, -0.2) is 7.05 Å². The zero-order chi connectivity index (χ0) is 13.1. The van der Waals surface area contributed by atoms with Crippen molar-refractivity contribution >= 4 is 11.4 Å². The molecule has 3 heteroatoms. The first kappa shape index (κ1) is 12.4. The summed E-state index contributed by atoms with van der Waals surface area (Å²) in [5.74, 6) is -0.200. The Morgan fingerprint density at radius 1 is 1.17 bits per heavy atom. The van der Waals surface area contributed by atoms with Crippen LogP contribution in [-0.2, 0) is 6.54 Å². The largest absolute Gasteiger partial charge is 0.399 e. The maximum atomic E-state index is 13.1. The molecule has 0 aromatic heterocycles. The van der Waals surface area contributed by atoms with Crippen LogP contribution in [0.5, 0.6) is 0 Å². The van der Waals surface area contributed by atoms with Crippen LogP contribution in [0, 0.1) is 12.7 Å². The summed E-state index contributed by atoms with van der Waals surface area (Å²) in [6.07, 6.45) is 0. The molecule has 0 saturated heterocycles. The number of halogens is 1. The summed E-state index contributed by atoms with van der Waals surface area (Å²) in [5, 5.41) is 0. The standard InChI is InChI=1S/C15H17FN2/c1-11-8-14(6-7-15(11)17)18(2)10-12-4-3-5-13(16)9-12/h3-9H,10,17H2,1-2H3. The molecule has 0 saturated carbocycles. The van der Waals surface area contributed by atoms with Gasteiger partial charge in [0.25, 0.3) is 0 Å². The molecule has 18 heavy (non-hydrogen) atoms. The molecule has 2 rings (SSSR count). The Balaban J connectivity index is 2.16. The van der Waals surface area contributed by atoms with Crippen LogP contribution in [0.3, 0.4) is 0 Å². The molecule has 0 bridgehead atoms. The van der Waals surface area contributed by atoms with Gasteiger partial charge in [-0.25, -0.2) is 4.39 Å². The monoisotopic (exact) mass is 244 g/mol. The molecule has 0 atom stereocenters. The van der Waals surface area contributed by atoms with Gasteiger partial charge in [-0.05, 0) is 48.4 Å². The third kappa shape index (κ3) is 2.80. The van der Waals surface area contributed by atoms with Crippen LogP contribution in [0.2, 0.25) is 0 Å². The first-order valence-electron chi connectivity index (χ1n) is 5.88. The van der Waals surface area contributed by atoms with E-state index in [9.17, 15) is 4.39 Å². The van der Waals surface area contributed by atoms with E-state index >= 15 is 0 Å². The van der Waals surface area contributed by atoms with Crippen molar-refractivity contribution in [1.29, 1.82) is 0 Å². The summed E-state index contributed by atoms with van der Waals surface area (Å²) in [5.41, 5.74) is 9.66. The number of benzene rings is 2. The quantitative estimate of drug-likeness (QED) is 0.839. The SMILES string of the molecule is Cc1cc(N(C)Cc2cccc(F)c2)ccc1N. The van der Waals surface area contributed by atoms with E-state index in [2.05, 4.69) is 4.90 Å². The molecule has 2 aromatic rings. The molecule has 2 nitrogen and oxygen atoms in total. The normalized spacial score (nSPS) is 10.4. The molecule has 0 radical (unpaired) electrons. The lowest BCUT2D eigenvalue weighted by Gasteiger charge is -2.20. The number of aryl methyl sites for hydroxylation is 1. The van der Waals surface area contributed by atoms with E-state index in [0.717, 1.165) is 22.5 Å². The van der Waals surface area contributed by atoms with Crippen molar-refractivity contribution in [3.63, 3.8) is 0 Å². The Labute approximate surface area is 107 Å². The topological polar surface area (TPSA) is 29.3 Å². The predicted octanol–water partition coefficient (Wildman–Crippen LogP) is 3.35. The zero-order valence-corrected chi connectivity index (χ0v) is 10.7. The highest BCUT2D eigenvalue weighted by atomic mass is 19.1. The Morgan fingerprint density at radius 3 is 2.61 bits per heavy atom. The number of hydrogen-bond acceptors (Lipinski definition) is 2. The highest BCUT2D eigenvalue weighted by molar-refractivity contribution is 5.57. The van der Waals surface area contributed by atoms with Gasteiger partial charge in [0, 0.05) is 25.0 Å². The second-order valence-electron chi connectivity index (χ2n) is 4.53. The van der Waals surface area contributed by atoms with Crippen molar-refractivity contribution < 1.29 is 4.39 Å². The minimum atomic E-state index is -0.200. The Morgan fingerprint density at radius 2 is 1.94 bits per heavy atom. The van der Waals surface area contributed by atoms with E-state index in [0.29, 0.717) is 6.54 Å². The highest BCUT2D eigenvalue weighted by Gasteiger charge is 2.04. The molecule has 0 aliphatic carbocycles. The third-order valence-electron chi connectivity index (χ3n) is 3.00. The average molecular weight is 244 g/mol. The van der Waals surface area contributed by atoms with Crippen molar-refractivity contribution in [2.75, 3.05) is 17.7 Å². The molecule has 94 valence electrons. The van der Waals surface area contributed by atoms with E-state index in [4.69, 9.17) is 5.73 Å². The van der Waals surface area contributed by atoms with Crippen molar-refractivity contribution in [2.45, 2.75) is 13.5 Å². The second kappa shape index (κ2) is 5.08. The number of nitrogens with zero attached hydrogens (tertiary/aromatic N) is 1. The van der Waals surface area contributed by atoms with Gasteiger partial charge in [0.1, 0.15) is 5.82 Å². The van der Waals surface area contributed by atoms with Crippen molar-refractivity contribution in [3.8, 4) is 0 Å². The summed E-state index contributed by atoms with van der Waals surface area (Å²) in [6.45, 7) is 2.65. The minimum absolute atomic E-state index is 0.200. The maximum absolute atomic E-state index is 13.1. The van der Waals surface area contributed by atoms with Gasteiger partial charge in [-0.3, -0.25) is 0 Å². The summed E-state index contributed by atoms with van der Waals surface area (Å²) >= 11 is 0. The lowest BCUT2D eigenvalue weighted by atomic mass is 10.1. The van der Waals surface area contributed by atoms with Gasteiger partial charge in [0.15, 0.2) is 0 Å². The van der Waals surface area contributed by atoms with Gasteiger partial charge in [-0.1, -0.05) is 12.1 Å². The van der Waals surface area contributed by atoms with Gasteiger partial charge in [-0.15, -0.1) is 0 Å². The molecular weight excluding hydrogens is 227 g/mol. The highest BCUT2D eigenvalue weighted by Crippen LogP contribution is 2.21. The van der Waals surface area contributed by atoms with Gasteiger partial charge in [0.05, 0.1) is 0 Å². The predicted molar refractivity (Wildman–Crippen MR) is 74.1 cm³/mol. The molecule has 2 aromatic carbocycles. The van der Waals surface area contributed by atoms with E-state index in [-0.39, 0.29) is 5.82 Å². The zero-order valence-electron chi connectivity index (χ0n) is 10.7. The fourth-order valence-electron chi connectivity index (χ4n) is 1.90. The van der Waals surface area contributed by atoms with E-state index in [1.807, 2.05) is 38.2 Å². The molecule has 2 N–H and O–H groups in total. The summed E-state index contributed by atoms with van der Waals surface area (Å²) < 4.78 is 13.1. The molecule has 0 aliphatic heterocycles. The van der Waals surface area contributed by atoms with Crippen molar-refractivity contribution in [3.05, 3.63) is 59.4 Å². The Kier molecular flexibility index (Phi) is 3.51. The molecule has 0 spiro atoms. The summed E-state index contributed by atoms with van der Waals surface area (Å²) in [6, 6.07) is 12.6. The molecule has 0 amide bonds. The minimum Gasteiger partial charge on any atom is -0.399 e. The Bertz CT molecular complexity index is 552. The van der Waals surface area contributed by atoms with Crippen LogP contribution >= 0.6 is 0 Å². The number of rotatable bonds is 3. The maximum Gasteiger partial charge on any atom is 0.123 e. The molecule has 0 heterocycles. The summed E-state index contributed by atoms with van der Waals surface area (Å²) in [7, 11) is 1.98. The number of nitrogen functional groups attached to an aromatic ring is 1. The third-order valence-corrected chi connectivity index (χ3v) is 3.00. The molecule has 0 fully saturated rings. The second-order valence-corrected chi connectivity index (χ2v) is 4.53. The van der Waals surface area contributed by atoms with Gasteiger partial charge < -0.3 is 10.6 Å². The van der Waals surface area contributed by atoms with Crippen molar-refractivity contribution in [2.24, 2.45) is 0 Å². The van der Waals surface area contributed by atoms with Crippen LogP contribution in [0.25, 0.3) is 0 Å².